The summed E-state index contributed by atoms with van der Waals surface area (Å²) in [7, 11) is 0. The second-order valence-corrected chi connectivity index (χ2v) is 7.33. The van der Waals surface area contributed by atoms with Gasteiger partial charge >= 0.3 is 0 Å². The second kappa shape index (κ2) is 10.0. The molecule has 1 aromatic heterocycles. The van der Waals surface area contributed by atoms with E-state index in [2.05, 4.69) is 27.8 Å². The minimum absolute atomic E-state index is 0.0905. The van der Waals surface area contributed by atoms with E-state index in [1.807, 2.05) is 18.2 Å². The number of unbranched alkanes of at least 4 members (excludes halogenated alkanes) is 1. The number of aryl methyl sites for hydroxylation is 1. The fourth-order valence-electron chi connectivity index (χ4n) is 2.83. The van der Waals surface area contributed by atoms with Crippen LogP contribution in [0.4, 0.5) is 0 Å². The van der Waals surface area contributed by atoms with Crippen molar-refractivity contribution in [2.45, 2.75) is 33.2 Å². The van der Waals surface area contributed by atoms with Gasteiger partial charge in [-0.3, -0.25) is 9.59 Å². The summed E-state index contributed by atoms with van der Waals surface area (Å²) in [5.41, 5.74) is 2.93. The minimum Gasteiger partial charge on any atom is -0.352 e. The quantitative estimate of drug-likeness (QED) is 0.538. The van der Waals surface area contributed by atoms with Crippen LogP contribution in [-0.2, 0) is 6.54 Å². The maximum Gasteiger partial charge on any atom is 0.274 e. The lowest BCUT2D eigenvalue weighted by Gasteiger charge is -2.07. The molecule has 30 heavy (non-hydrogen) atoms. The Labute approximate surface area is 180 Å². The number of benzene rings is 2. The van der Waals surface area contributed by atoms with E-state index in [0.717, 1.165) is 18.4 Å². The maximum absolute atomic E-state index is 12.6. The third kappa shape index (κ3) is 5.45. The number of carbonyl (C=O) groups is 2. The smallest absolute Gasteiger partial charge is 0.274 e. The van der Waals surface area contributed by atoms with E-state index >= 15 is 0 Å². The van der Waals surface area contributed by atoms with Crippen molar-refractivity contribution < 1.29 is 9.59 Å². The molecule has 0 fully saturated rings. The Morgan fingerprint density at radius 3 is 2.50 bits per heavy atom. The molecule has 8 heteroatoms. The monoisotopic (exact) mass is 425 g/mol. The molecular weight excluding hydrogens is 402 g/mol. The van der Waals surface area contributed by atoms with Crippen molar-refractivity contribution in [1.29, 1.82) is 0 Å². The summed E-state index contributed by atoms with van der Waals surface area (Å²) in [6.07, 6.45) is 1.99. The Balaban J connectivity index is 1.60. The lowest BCUT2D eigenvalue weighted by atomic mass is 10.1. The van der Waals surface area contributed by atoms with Gasteiger partial charge in [-0.1, -0.05) is 43.1 Å². The number of carbonyl (C=O) groups excluding carboxylic acids is 2. The first-order valence-electron chi connectivity index (χ1n) is 9.83. The van der Waals surface area contributed by atoms with Crippen LogP contribution in [0.15, 0.2) is 48.5 Å². The van der Waals surface area contributed by atoms with Gasteiger partial charge in [0, 0.05) is 23.7 Å². The van der Waals surface area contributed by atoms with E-state index in [1.54, 1.807) is 37.3 Å². The first-order valence-corrected chi connectivity index (χ1v) is 10.2. The SMILES string of the molecule is CCCCNC(=O)c1ccc(CNC(=O)c2nn(-c3cccc(Cl)c3)nc2C)cc1. The van der Waals surface area contributed by atoms with E-state index in [1.165, 1.54) is 4.80 Å². The average molecular weight is 426 g/mol. The minimum atomic E-state index is -0.317. The van der Waals surface area contributed by atoms with Crippen molar-refractivity contribution in [2.75, 3.05) is 6.54 Å². The Hall–Kier alpha value is -3.19. The molecule has 1 heterocycles. The van der Waals surface area contributed by atoms with Gasteiger partial charge in [0.1, 0.15) is 0 Å². The van der Waals surface area contributed by atoms with Crippen molar-refractivity contribution >= 4 is 23.4 Å². The summed E-state index contributed by atoms with van der Waals surface area (Å²) in [4.78, 5) is 26.0. The third-order valence-electron chi connectivity index (χ3n) is 4.52. The Morgan fingerprint density at radius 1 is 1.03 bits per heavy atom. The summed E-state index contributed by atoms with van der Waals surface area (Å²) in [5, 5.41) is 14.9. The molecule has 0 saturated heterocycles. The van der Waals surface area contributed by atoms with Crippen molar-refractivity contribution in [3.63, 3.8) is 0 Å². The molecule has 0 aliphatic rings. The van der Waals surface area contributed by atoms with Crippen LogP contribution in [0.3, 0.4) is 0 Å². The summed E-state index contributed by atoms with van der Waals surface area (Å²) < 4.78 is 0. The van der Waals surface area contributed by atoms with Crippen LogP contribution in [0.5, 0.6) is 0 Å². The number of nitrogens with zero attached hydrogens (tertiary/aromatic N) is 3. The highest BCUT2D eigenvalue weighted by atomic mass is 35.5. The lowest BCUT2D eigenvalue weighted by Crippen LogP contribution is -2.25. The molecule has 0 unspecified atom stereocenters. The predicted molar refractivity (Wildman–Crippen MR) is 116 cm³/mol. The topological polar surface area (TPSA) is 88.9 Å². The Bertz CT molecular complexity index is 1030. The molecule has 156 valence electrons. The third-order valence-corrected chi connectivity index (χ3v) is 4.76. The molecule has 3 rings (SSSR count). The van der Waals surface area contributed by atoms with Crippen molar-refractivity contribution in [1.82, 2.24) is 25.6 Å². The Kier molecular flexibility index (Phi) is 7.19. The Morgan fingerprint density at radius 2 is 1.80 bits per heavy atom. The van der Waals surface area contributed by atoms with Crippen LogP contribution < -0.4 is 10.6 Å². The number of amides is 2. The summed E-state index contributed by atoms with van der Waals surface area (Å²) in [6.45, 7) is 4.80. The maximum atomic E-state index is 12.6. The van der Waals surface area contributed by atoms with Crippen LogP contribution in [0.2, 0.25) is 5.02 Å². The number of aromatic nitrogens is 3. The van der Waals surface area contributed by atoms with Crippen LogP contribution in [0.25, 0.3) is 5.69 Å². The zero-order valence-corrected chi connectivity index (χ0v) is 17.7. The molecule has 0 saturated carbocycles. The molecule has 0 radical (unpaired) electrons. The summed E-state index contributed by atoms with van der Waals surface area (Å²) >= 11 is 6.01. The molecule has 3 aromatic rings. The lowest BCUT2D eigenvalue weighted by molar-refractivity contribution is 0.0939. The van der Waals surface area contributed by atoms with Gasteiger partial charge in [-0.25, -0.2) is 0 Å². The average Bonchev–Trinajstić information content (AvgIpc) is 3.14. The molecule has 2 N–H and O–H groups in total. The second-order valence-electron chi connectivity index (χ2n) is 6.89. The zero-order valence-electron chi connectivity index (χ0n) is 17.0. The van der Waals surface area contributed by atoms with Crippen LogP contribution in [0.1, 0.15) is 51.9 Å². The van der Waals surface area contributed by atoms with E-state index < -0.39 is 0 Å². The van der Waals surface area contributed by atoms with Crippen molar-refractivity contribution in [3.05, 3.63) is 76.1 Å². The van der Waals surface area contributed by atoms with Crippen LogP contribution >= 0.6 is 11.6 Å². The molecule has 0 spiro atoms. The standard InChI is InChI=1S/C22H24ClN5O2/c1-3-4-12-24-21(29)17-10-8-16(9-11-17)14-25-22(30)20-15(2)26-28(27-20)19-7-5-6-18(23)13-19/h5-11,13H,3-4,12,14H2,1-2H3,(H,24,29)(H,25,30). The van der Waals surface area contributed by atoms with Gasteiger partial charge in [0.15, 0.2) is 5.69 Å². The fraction of sp³-hybridized carbons (Fsp3) is 0.273. The molecule has 0 atom stereocenters. The number of hydrogen-bond donors (Lipinski definition) is 2. The predicted octanol–water partition coefficient (Wildman–Crippen LogP) is 3.69. The molecule has 0 aliphatic heterocycles. The molecule has 7 nitrogen and oxygen atoms in total. The van der Waals surface area contributed by atoms with E-state index in [-0.39, 0.29) is 17.5 Å². The molecule has 0 bridgehead atoms. The van der Waals surface area contributed by atoms with E-state index in [9.17, 15) is 9.59 Å². The number of hydrogen-bond acceptors (Lipinski definition) is 4. The molecule has 2 amide bonds. The zero-order chi connectivity index (χ0) is 21.5. The van der Waals surface area contributed by atoms with Crippen LogP contribution in [0, 0.1) is 6.92 Å². The van der Waals surface area contributed by atoms with Crippen molar-refractivity contribution in [2.24, 2.45) is 0 Å². The van der Waals surface area contributed by atoms with Crippen molar-refractivity contribution in [3.8, 4) is 5.69 Å². The van der Waals surface area contributed by atoms with Gasteiger partial charge in [0.05, 0.1) is 11.4 Å². The number of nitrogens with one attached hydrogen (secondary N) is 2. The first-order chi connectivity index (χ1) is 14.5. The van der Waals surface area contributed by atoms with Gasteiger partial charge < -0.3 is 10.6 Å². The van der Waals surface area contributed by atoms with E-state index in [0.29, 0.717) is 35.1 Å². The van der Waals surface area contributed by atoms with Gasteiger partial charge in [-0.15, -0.1) is 5.10 Å². The molecule has 0 aliphatic carbocycles. The molecular formula is C22H24ClN5O2. The normalized spacial score (nSPS) is 10.6. The van der Waals surface area contributed by atoms with E-state index in [4.69, 9.17) is 11.6 Å². The highest BCUT2D eigenvalue weighted by Gasteiger charge is 2.16. The van der Waals surface area contributed by atoms with Crippen LogP contribution in [-0.4, -0.2) is 33.4 Å². The highest BCUT2D eigenvalue weighted by molar-refractivity contribution is 6.30. The first kappa shape index (κ1) is 21.5. The van der Waals surface area contributed by atoms with Gasteiger partial charge in [-0.2, -0.15) is 9.90 Å². The largest absolute Gasteiger partial charge is 0.352 e. The fourth-order valence-corrected chi connectivity index (χ4v) is 3.01. The van der Waals surface area contributed by atoms with Gasteiger partial charge in [0.25, 0.3) is 11.8 Å². The summed E-state index contributed by atoms with van der Waals surface area (Å²) in [5.74, 6) is -0.408. The van der Waals surface area contributed by atoms with Gasteiger partial charge in [-0.05, 0) is 49.2 Å². The highest BCUT2D eigenvalue weighted by Crippen LogP contribution is 2.14. The number of halogens is 1. The number of rotatable bonds is 8. The van der Waals surface area contributed by atoms with Gasteiger partial charge in [0.2, 0.25) is 0 Å². The molecule has 2 aromatic carbocycles. The summed E-state index contributed by atoms with van der Waals surface area (Å²) in [6, 6.07) is 14.2.